The Morgan fingerprint density at radius 2 is 1.23 bits per heavy atom. The summed E-state index contributed by atoms with van der Waals surface area (Å²) in [5.41, 5.74) is 5.25. The van der Waals surface area contributed by atoms with Gasteiger partial charge >= 0.3 is 0 Å². The van der Waals surface area contributed by atoms with Crippen molar-refractivity contribution < 1.29 is 14.7 Å². The minimum Gasteiger partial charge on any atom is -0.508 e. The van der Waals surface area contributed by atoms with Crippen molar-refractivity contribution >= 4 is 17.5 Å². The van der Waals surface area contributed by atoms with Crippen molar-refractivity contribution in [3.05, 3.63) is 58.7 Å². The van der Waals surface area contributed by atoms with Crippen LogP contribution in [0.15, 0.2) is 36.4 Å². The Labute approximate surface area is 264 Å². The van der Waals surface area contributed by atoms with Crippen molar-refractivity contribution in [1.29, 1.82) is 0 Å². The van der Waals surface area contributed by atoms with E-state index in [9.17, 15) is 14.7 Å². The number of benzene rings is 2. The molecule has 2 aromatic rings. The second-order valence-corrected chi connectivity index (χ2v) is 16.1. The van der Waals surface area contributed by atoms with E-state index >= 15 is 0 Å². The molecule has 1 heterocycles. The molecule has 0 spiro atoms. The van der Waals surface area contributed by atoms with Crippen LogP contribution in [-0.4, -0.2) is 30.0 Å². The minimum atomic E-state index is -0.622. The normalized spacial score (nSPS) is 36.3. The lowest BCUT2D eigenvalue weighted by molar-refractivity contribution is -0.150. The van der Waals surface area contributed by atoms with Crippen LogP contribution in [0.25, 0.3) is 0 Å². The van der Waals surface area contributed by atoms with E-state index < -0.39 is 10.8 Å². The number of amides is 2. The molecule has 0 unspecified atom stereocenters. The molecule has 236 valence electrons. The number of piperidine rings is 1. The molecule has 1 saturated heterocycles. The minimum absolute atomic E-state index is 0.0589. The number of hydrogen-bond donors (Lipinski definition) is 2. The van der Waals surface area contributed by atoms with Crippen LogP contribution >= 0.6 is 0 Å². The van der Waals surface area contributed by atoms with Gasteiger partial charge in [-0.25, -0.2) is 0 Å². The quantitative estimate of drug-likeness (QED) is 0.356. The van der Waals surface area contributed by atoms with Crippen LogP contribution in [0.5, 0.6) is 5.75 Å². The number of aromatic hydroxyl groups is 1. The number of nitrogens with zero attached hydrogens (tertiary/aromatic N) is 1. The van der Waals surface area contributed by atoms with Gasteiger partial charge in [0.1, 0.15) is 5.75 Å². The lowest BCUT2D eigenvalue weighted by atomic mass is 9.49. The summed E-state index contributed by atoms with van der Waals surface area (Å²) in [6.45, 7) is 11.2. The maximum absolute atomic E-state index is 14.4. The lowest BCUT2D eigenvalue weighted by Gasteiger charge is -2.56. The van der Waals surface area contributed by atoms with Crippen LogP contribution in [0.2, 0.25) is 0 Å². The van der Waals surface area contributed by atoms with Gasteiger partial charge < -0.3 is 10.0 Å². The molecule has 0 aromatic heterocycles. The van der Waals surface area contributed by atoms with Crippen molar-refractivity contribution in [2.75, 3.05) is 18.0 Å². The van der Waals surface area contributed by atoms with E-state index in [0.29, 0.717) is 5.75 Å². The lowest BCUT2D eigenvalue weighted by Crippen LogP contribution is -2.60. The Bertz CT molecular complexity index is 1480. The van der Waals surface area contributed by atoms with E-state index in [1.165, 1.54) is 47.2 Å². The summed E-state index contributed by atoms with van der Waals surface area (Å²) < 4.78 is 0. The number of aryl methyl sites for hydroxylation is 2. The first-order valence-corrected chi connectivity index (χ1v) is 17.6. The van der Waals surface area contributed by atoms with Gasteiger partial charge in [-0.2, -0.15) is 0 Å². The summed E-state index contributed by atoms with van der Waals surface area (Å²) in [5, 5.41) is 13.4. The Morgan fingerprint density at radius 1 is 0.705 bits per heavy atom. The Morgan fingerprint density at radius 3 is 1.80 bits per heavy atom. The smallest absolute Gasteiger partial charge is 0.232 e. The van der Waals surface area contributed by atoms with E-state index in [-0.39, 0.29) is 34.5 Å². The van der Waals surface area contributed by atoms with Crippen molar-refractivity contribution in [1.82, 2.24) is 5.32 Å². The van der Waals surface area contributed by atoms with Gasteiger partial charge in [0, 0.05) is 18.8 Å². The zero-order valence-electron chi connectivity index (χ0n) is 27.4. The standard InChI is InChI=1S/C39H52N2O3/c1-36-18-8-20-38(3,32(36)16-12-26-10-14-28(24-30(26)36)41-22-6-5-7-23-41)34(43)40-35(44)39(4)21-9-19-37(2)31-25-29(42)15-11-27(31)13-17-33(37)39/h10-11,14-15,24-25,32-33,42H,5-9,12-13,16-23H2,1-4H3,(H,40,43,44)/t32-,33-,36-,37-,38+,39+/m1/s1. The monoisotopic (exact) mass is 596 g/mol. The molecule has 44 heavy (non-hydrogen) atoms. The number of imide groups is 1. The highest BCUT2D eigenvalue weighted by atomic mass is 16.3. The molecular formula is C39H52N2O3. The maximum atomic E-state index is 14.4. The second kappa shape index (κ2) is 10.6. The number of phenolic OH excluding ortho intramolecular Hbond substituents is 1. The fraction of sp³-hybridized carbons (Fsp3) is 0.641. The van der Waals surface area contributed by atoms with Crippen LogP contribution in [0.3, 0.4) is 0 Å². The number of nitrogens with one attached hydrogen (secondary N) is 1. The fourth-order valence-corrected chi connectivity index (χ4v) is 11.2. The third-order valence-corrected chi connectivity index (χ3v) is 13.7. The summed E-state index contributed by atoms with van der Waals surface area (Å²) in [6, 6.07) is 12.9. The Kier molecular flexibility index (Phi) is 7.21. The Hall–Kier alpha value is -2.82. The highest BCUT2D eigenvalue weighted by Gasteiger charge is 2.58. The molecule has 3 fully saturated rings. The first-order chi connectivity index (χ1) is 21.0. The second-order valence-electron chi connectivity index (χ2n) is 16.1. The zero-order chi connectivity index (χ0) is 30.9. The van der Waals surface area contributed by atoms with E-state index in [0.717, 1.165) is 77.3 Å². The third-order valence-electron chi connectivity index (χ3n) is 13.7. The van der Waals surface area contributed by atoms with Gasteiger partial charge in [-0.05, 0) is 140 Å². The molecule has 2 saturated carbocycles. The molecule has 2 aromatic carbocycles. The number of hydrogen-bond acceptors (Lipinski definition) is 4. The summed E-state index contributed by atoms with van der Waals surface area (Å²) in [5.74, 6) is 0.484. The molecule has 0 bridgehead atoms. The molecule has 2 amide bonds. The molecule has 2 N–H and O–H groups in total. The van der Waals surface area contributed by atoms with Crippen molar-refractivity contribution in [3.63, 3.8) is 0 Å². The topological polar surface area (TPSA) is 69.6 Å². The molecule has 5 aliphatic rings. The summed E-state index contributed by atoms with van der Waals surface area (Å²) in [6.07, 6.45) is 13.3. The van der Waals surface area contributed by atoms with Crippen molar-refractivity contribution in [2.24, 2.45) is 22.7 Å². The van der Waals surface area contributed by atoms with E-state index in [1.807, 2.05) is 6.07 Å². The molecule has 5 heteroatoms. The maximum Gasteiger partial charge on any atom is 0.232 e. The van der Waals surface area contributed by atoms with E-state index in [2.05, 4.69) is 62.2 Å². The average molecular weight is 597 g/mol. The van der Waals surface area contributed by atoms with Crippen LogP contribution in [0.4, 0.5) is 5.69 Å². The van der Waals surface area contributed by atoms with E-state index in [1.54, 1.807) is 6.07 Å². The number of rotatable bonds is 3. The number of anilines is 1. The largest absolute Gasteiger partial charge is 0.508 e. The van der Waals surface area contributed by atoms with Gasteiger partial charge in [0.15, 0.2) is 0 Å². The number of carbonyl (C=O) groups is 2. The van der Waals surface area contributed by atoms with Gasteiger partial charge in [-0.15, -0.1) is 0 Å². The predicted molar refractivity (Wildman–Crippen MR) is 176 cm³/mol. The molecule has 7 rings (SSSR count). The van der Waals surface area contributed by atoms with Crippen molar-refractivity contribution in [3.8, 4) is 5.75 Å². The summed E-state index contributed by atoms with van der Waals surface area (Å²) >= 11 is 0. The first-order valence-electron chi connectivity index (χ1n) is 17.6. The number of fused-ring (bicyclic) bond motifs is 6. The highest BCUT2D eigenvalue weighted by molar-refractivity contribution is 6.00. The molecule has 5 nitrogen and oxygen atoms in total. The summed E-state index contributed by atoms with van der Waals surface area (Å²) in [4.78, 5) is 31.4. The zero-order valence-corrected chi connectivity index (χ0v) is 27.4. The molecule has 0 radical (unpaired) electrons. The van der Waals surface area contributed by atoms with Gasteiger partial charge in [0.2, 0.25) is 11.8 Å². The SMILES string of the molecule is C[C@]1(C(=O)NC(=O)[C@@]2(C)CCC[C@]3(C)c4cc(N5CCCCC5)ccc4CC[C@@H]23)CCC[C@]2(C)c3cc(O)ccc3CC[C@@H]12. The van der Waals surface area contributed by atoms with Gasteiger partial charge in [0.05, 0.1) is 10.8 Å². The van der Waals surface area contributed by atoms with Gasteiger partial charge in [-0.1, -0.05) is 52.7 Å². The van der Waals surface area contributed by atoms with Gasteiger partial charge in [-0.3, -0.25) is 14.9 Å². The van der Waals surface area contributed by atoms with Crippen LogP contribution in [-0.2, 0) is 33.3 Å². The molecule has 4 aliphatic carbocycles. The third kappa shape index (κ3) is 4.46. The Balaban J connectivity index is 1.15. The molecule has 6 atom stereocenters. The average Bonchev–Trinajstić information content (AvgIpc) is 3.01. The van der Waals surface area contributed by atoms with E-state index in [4.69, 9.17) is 0 Å². The number of phenols is 1. The van der Waals surface area contributed by atoms with Crippen LogP contribution in [0, 0.1) is 22.7 Å². The van der Waals surface area contributed by atoms with Crippen molar-refractivity contribution in [2.45, 2.75) is 122 Å². The highest BCUT2D eigenvalue weighted by Crippen LogP contribution is 2.60. The first kappa shape index (κ1) is 29.9. The predicted octanol–water partition coefficient (Wildman–Crippen LogP) is 7.75. The molecular weight excluding hydrogens is 544 g/mol. The summed E-state index contributed by atoms with van der Waals surface area (Å²) in [7, 11) is 0. The number of carbonyl (C=O) groups excluding carboxylic acids is 2. The fourth-order valence-electron chi connectivity index (χ4n) is 11.2. The van der Waals surface area contributed by atoms with Crippen LogP contribution < -0.4 is 10.2 Å². The molecule has 1 aliphatic heterocycles. The van der Waals surface area contributed by atoms with Gasteiger partial charge in [0.25, 0.3) is 0 Å². The van der Waals surface area contributed by atoms with Crippen LogP contribution in [0.1, 0.15) is 121 Å².